The molecule has 7 heteroatoms. The second kappa shape index (κ2) is 8.31. The Hall–Kier alpha value is -2.41. The quantitative estimate of drug-likeness (QED) is 0.856. The zero-order valence-electron chi connectivity index (χ0n) is 14.6. The van der Waals surface area contributed by atoms with Gasteiger partial charge in [0.1, 0.15) is 0 Å². The van der Waals surface area contributed by atoms with E-state index in [1.807, 2.05) is 0 Å². The summed E-state index contributed by atoms with van der Waals surface area (Å²) in [7, 11) is 0. The minimum absolute atomic E-state index is 0.0515. The van der Waals surface area contributed by atoms with Crippen molar-refractivity contribution in [1.29, 1.82) is 0 Å². The first-order chi connectivity index (χ1) is 12.6. The largest absolute Gasteiger partial charge is 0.481 e. The molecule has 0 unspecified atom stereocenters. The van der Waals surface area contributed by atoms with Crippen LogP contribution in [-0.2, 0) is 14.3 Å². The highest BCUT2D eigenvalue weighted by molar-refractivity contribution is 5.97. The van der Waals surface area contributed by atoms with Crippen LogP contribution in [0.15, 0.2) is 24.3 Å². The smallest absolute Gasteiger partial charge is 0.307 e. The molecule has 1 heterocycles. The molecule has 7 nitrogen and oxygen atoms in total. The third kappa shape index (κ3) is 4.22. The summed E-state index contributed by atoms with van der Waals surface area (Å²) in [4.78, 5) is 38.0. The van der Waals surface area contributed by atoms with Crippen molar-refractivity contribution in [3.63, 3.8) is 0 Å². The zero-order chi connectivity index (χ0) is 18.5. The second-order valence-electron chi connectivity index (χ2n) is 6.81. The highest BCUT2D eigenvalue weighted by Crippen LogP contribution is 2.31. The predicted octanol–water partition coefficient (Wildman–Crippen LogP) is 1.99. The van der Waals surface area contributed by atoms with Crippen LogP contribution in [0.4, 0.5) is 5.69 Å². The summed E-state index contributed by atoms with van der Waals surface area (Å²) in [6.45, 7) is 2.25. The molecule has 1 saturated heterocycles. The van der Waals surface area contributed by atoms with Gasteiger partial charge in [0.25, 0.3) is 5.91 Å². The van der Waals surface area contributed by atoms with Crippen LogP contribution in [0.1, 0.15) is 36.0 Å². The molecule has 1 aliphatic carbocycles. The van der Waals surface area contributed by atoms with Gasteiger partial charge in [-0.05, 0) is 37.1 Å². The summed E-state index contributed by atoms with van der Waals surface area (Å²) in [6.07, 6.45) is 2.85. The van der Waals surface area contributed by atoms with Crippen LogP contribution in [0.2, 0.25) is 0 Å². The lowest BCUT2D eigenvalue weighted by molar-refractivity contribution is -0.147. The number of nitrogens with zero attached hydrogens (tertiary/aromatic N) is 1. The van der Waals surface area contributed by atoms with E-state index in [2.05, 4.69) is 5.32 Å². The highest BCUT2D eigenvalue weighted by Gasteiger charge is 2.35. The average Bonchev–Trinajstić information content (AvgIpc) is 2.68. The Balaban J connectivity index is 1.62. The van der Waals surface area contributed by atoms with Gasteiger partial charge in [-0.3, -0.25) is 14.4 Å². The monoisotopic (exact) mass is 360 g/mol. The van der Waals surface area contributed by atoms with E-state index in [-0.39, 0.29) is 11.8 Å². The Kier molecular flexibility index (Phi) is 5.88. The van der Waals surface area contributed by atoms with E-state index in [4.69, 9.17) is 4.74 Å². The van der Waals surface area contributed by atoms with Crippen molar-refractivity contribution < 1.29 is 24.2 Å². The van der Waals surface area contributed by atoms with Gasteiger partial charge in [0.05, 0.1) is 25.0 Å². The summed E-state index contributed by atoms with van der Waals surface area (Å²) in [6, 6.07) is 6.74. The van der Waals surface area contributed by atoms with Gasteiger partial charge in [-0.2, -0.15) is 0 Å². The van der Waals surface area contributed by atoms with E-state index in [0.717, 1.165) is 12.8 Å². The molecule has 140 valence electrons. The number of carboxylic acid groups (broad SMARTS) is 1. The molecular weight excluding hydrogens is 336 g/mol. The van der Waals surface area contributed by atoms with Gasteiger partial charge in [0, 0.05) is 24.3 Å². The Bertz CT molecular complexity index is 667. The van der Waals surface area contributed by atoms with Gasteiger partial charge in [0.15, 0.2) is 0 Å². The number of morpholine rings is 1. The number of carbonyl (C=O) groups excluding carboxylic acids is 2. The minimum Gasteiger partial charge on any atom is -0.481 e. The normalized spacial score (nSPS) is 23.3. The summed E-state index contributed by atoms with van der Waals surface area (Å²) >= 11 is 0. The molecule has 26 heavy (non-hydrogen) atoms. The molecule has 2 atom stereocenters. The SMILES string of the molecule is O=C(Nc1ccc(C(=O)N2CCOCC2)cc1)[C@H]1CCCC[C@H]1C(=O)O. The fraction of sp³-hybridized carbons (Fsp3) is 0.526. The number of benzene rings is 1. The first-order valence-corrected chi connectivity index (χ1v) is 9.07. The molecule has 0 spiro atoms. The van der Waals surface area contributed by atoms with Crippen LogP contribution >= 0.6 is 0 Å². The highest BCUT2D eigenvalue weighted by atomic mass is 16.5. The van der Waals surface area contributed by atoms with Crippen LogP contribution < -0.4 is 5.32 Å². The Labute approximate surface area is 152 Å². The van der Waals surface area contributed by atoms with Crippen molar-refractivity contribution >= 4 is 23.5 Å². The first kappa shape index (κ1) is 18.4. The van der Waals surface area contributed by atoms with Gasteiger partial charge < -0.3 is 20.1 Å². The molecule has 3 rings (SSSR count). The number of rotatable bonds is 4. The fourth-order valence-corrected chi connectivity index (χ4v) is 3.62. The Morgan fingerprint density at radius 2 is 1.62 bits per heavy atom. The van der Waals surface area contributed by atoms with E-state index in [9.17, 15) is 19.5 Å². The van der Waals surface area contributed by atoms with Crippen molar-refractivity contribution in [2.75, 3.05) is 31.6 Å². The number of carboxylic acids is 1. The number of amides is 2. The lowest BCUT2D eigenvalue weighted by atomic mass is 9.78. The summed E-state index contributed by atoms with van der Waals surface area (Å²) < 4.78 is 5.25. The van der Waals surface area contributed by atoms with Gasteiger partial charge in [0.2, 0.25) is 5.91 Å². The lowest BCUT2D eigenvalue weighted by Gasteiger charge is -2.27. The second-order valence-corrected chi connectivity index (χ2v) is 6.81. The van der Waals surface area contributed by atoms with Crippen molar-refractivity contribution in [1.82, 2.24) is 4.90 Å². The number of nitrogens with one attached hydrogen (secondary N) is 1. The molecule has 1 aliphatic heterocycles. The fourth-order valence-electron chi connectivity index (χ4n) is 3.62. The van der Waals surface area contributed by atoms with Crippen LogP contribution in [0.5, 0.6) is 0 Å². The van der Waals surface area contributed by atoms with Gasteiger partial charge in [-0.15, -0.1) is 0 Å². The maximum absolute atomic E-state index is 12.5. The lowest BCUT2D eigenvalue weighted by Crippen LogP contribution is -2.40. The molecule has 2 N–H and O–H groups in total. The van der Waals surface area contributed by atoms with E-state index in [1.165, 1.54) is 0 Å². The van der Waals surface area contributed by atoms with Crippen LogP contribution in [0.3, 0.4) is 0 Å². The van der Waals surface area contributed by atoms with Crippen LogP contribution in [-0.4, -0.2) is 54.1 Å². The molecule has 2 amide bonds. The number of anilines is 1. The molecule has 2 fully saturated rings. The third-order valence-electron chi connectivity index (χ3n) is 5.12. The molecule has 2 aliphatic rings. The number of carbonyl (C=O) groups is 3. The molecule has 1 aromatic carbocycles. The molecule has 0 aromatic heterocycles. The zero-order valence-corrected chi connectivity index (χ0v) is 14.6. The number of hydrogen-bond acceptors (Lipinski definition) is 4. The van der Waals surface area contributed by atoms with Crippen molar-refractivity contribution in [2.24, 2.45) is 11.8 Å². The summed E-state index contributed by atoms with van der Waals surface area (Å²) in [5.41, 5.74) is 1.13. The Morgan fingerprint density at radius 3 is 2.23 bits per heavy atom. The van der Waals surface area contributed by atoms with E-state index < -0.39 is 17.8 Å². The predicted molar refractivity (Wildman–Crippen MR) is 94.9 cm³/mol. The molecule has 1 aromatic rings. The maximum Gasteiger partial charge on any atom is 0.307 e. The van der Waals surface area contributed by atoms with Gasteiger partial charge in [-0.1, -0.05) is 12.8 Å². The van der Waals surface area contributed by atoms with Crippen molar-refractivity contribution in [2.45, 2.75) is 25.7 Å². The van der Waals surface area contributed by atoms with Gasteiger partial charge >= 0.3 is 5.97 Å². The van der Waals surface area contributed by atoms with E-state index in [0.29, 0.717) is 50.4 Å². The molecular formula is C19H24N2O5. The molecule has 0 bridgehead atoms. The summed E-state index contributed by atoms with van der Waals surface area (Å²) in [5.74, 6) is -2.34. The summed E-state index contributed by atoms with van der Waals surface area (Å²) in [5, 5.41) is 12.1. The standard InChI is InChI=1S/C19H24N2O5/c22-17(15-3-1-2-4-16(15)19(24)25)20-14-7-5-13(6-8-14)18(23)21-9-11-26-12-10-21/h5-8,15-16H,1-4,9-12H2,(H,20,22)(H,24,25)/t15-,16+/m0/s1. The molecule has 0 radical (unpaired) electrons. The van der Waals surface area contributed by atoms with Crippen LogP contribution in [0.25, 0.3) is 0 Å². The van der Waals surface area contributed by atoms with Gasteiger partial charge in [-0.25, -0.2) is 0 Å². The third-order valence-corrected chi connectivity index (χ3v) is 5.12. The van der Waals surface area contributed by atoms with E-state index in [1.54, 1.807) is 29.2 Å². The number of ether oxygens (including phenoxy) is 1. The van der Waals surface area contributed by atoms with Crippen molar-refractivity contribution in [3.05, 3.63) is 29.8 Å². The minimum atomic E-state index is -0.906. The molecule has 1 saturated carbocycles. The number of aliphatic carboxylic acids is 1. The average molecular weight is 360 g/mol. The Morgan fingerprint density at radius 1 is 1.00 bits per heavy atom. The number of hydrogen-bond donors (Lipinski definition) is 2. The van der Waals surface area contributed by atoms with Crippen molar-refractivity contribution in [3.8, 4) is 0 Å². The topological polar surface area (TPSA) is 95.9 Å². The maximum atomic E-state index is 12.5. The van der Waals surface area contributed by atoms with Crippen LogP contribution in [0, 0.1) is 11.8 Å². The van der Waals surface area contributed by atoms with E-state index >= 15 is 0 Å². The first-order valence-electron chi connectivity index (χ1n) is 9.07.